The lowest BCUT2D eigenvalue weighted by atomic mass is 9.83. The maximum atomic E-state index is 4.69. The number of aliphatic imine (C=N–C) groups is 2. The van der Waals surface area contributed by atoms with Crippen LogP contribution in [0.2, 0.25) is 0 Å². The summed E-state index contributed by atoms with van der Waals surface area (Å²) in [5, 5.41) is 0. The smallest absolute Gasteiger partial charge is 0.0797 e. The van der Waals surface area contributed by atoms with Gasteiger partial charge < -0.3 is 9.97 Å². The molecule has 2 heterocycles. The molecular weight excluding hydrogens is 248 g/mol. The Kier molecular flexibility index (Phi) is 3.93. The average molecular weight is 270 g/mol. The van der Waals surface area contributed by atoms with Crippen LogP contribution in [-0.2, 0) is 0 Å². The number of hydrogen-bond donors (Lipinski definition) is 2. The molecule has 2 rings (SSSR count). The zero-order chi connectivity index (χ0) is 14.6. The van der Waals surface area contributed by atoms with Crippen molar-refractivity contribution in [1.82, 2.24) is 9.97 Å². The number of rotatable bonds is 5. The Balaban J connectivity index is 2.14. The monoisotopic (exact) mass is 270 g/mol. The Morgan fingerprint density at radius 2 is 1.20 bits per heavy atom. The standard InChI is InChI=1S/C16H22N4/c1-15(2,19-11-13-7-5-9-17-13)16(3,4)20-12-14-8-6-10-18-14/h5-12,17-18H,1-4H3. The van der Waals surface area contributed by atoms with Gasteiger partial charge >= 0.3 is 0 Å². The number of nitrogens with one attached hydrogen (secondary N) is 2. The Morgan fingerprint density at radius 1 is 0.800 bits per heavy atom. The molecule has 20 heavy (non-hydrogen) atoms. The van der Waals surface area contributed by atoms with Gasteiger partial charge in [0.05, 0.1) is 22.5 Å². The molecule has 106 valence electrons. The molecule has 0 aliphatic carbocycles. The van der Waals surface area contributed by atoms with Crippen LogP contribution in [0.25, 0.3) is 0 Å². The summed E-state index contributed by atoms with van der Waals surface area (Å²) in [6.07, 6.45) is 7.52. The van der Waals surface area contributed by atoms with Crippen molar-refractivity contribution in [2.24, 2.45) is 9.98 Å². The molecule has 0 radical (unpaired) electrons. The van der Waals surface area contributed by atoms with Crippen LogP contribution in [-0.4, -0.2) is 33.5 Å². The summed E-state index contributed by atoms with van der Waals surface area (Å²) in [5.74, 6) is 0. The Hall–Kier alpha value is -2.10. The maximum absolute atomic E-state index is 4.69. The Labute approximate surface area is 120 Å². The summed E-state index contributed by atoms with van der Waals surface area (Å²) in [7, 11) is 0. The molecule has 2 N–H and O–H groups in total. The van der Waals surface area contributed by atoms with E-state index in [1.165, 1.54) is 0 Å². The molecule has 0 aliphatic rings. The highest BCUT2D eigenvalue weighted by Gasteiger charge is 2.35. The molecule has 4 nitrogen and oxygen atoms in total. The molecule has 0 fully saturated rings. The van der Waals surface area contributed by atoms with E-state index in [-0.39, 0.29) is 11.1 Å². The minimum absolute atomic E-state index is 0.304. The highest BCUT2D eigenvalue weighted by Crippen LogP contribution is 2.29. The van der Waals surface area contributed by atoms with Crippen molar-refractivity contribution in [2.45, 2.75) is 38.8 Å². The second-order valence-electron chi connectivity index (χ2n) is 5.89. The van der Waals surface area contributed by atoms with Gasteiger partial charge in [-0.1, -0.05) is 0 Å². The molecule has 0 aromatic carbocycles. The molecule has 0 spiro atoms. The van der Waals surface area contributed by atoms with E-state index < -0.39 is 0 Å². The van der Waals surface area contributed by atoms with Gasteiger partial charge in [-0.15, -0.1) is 0 Å². The minimum atomic E-state index is -0.304. The fraction of sp³-hybridized carbons (Fsp3) is 0.375. The van der Waals surface area contributed by atoms with E-state index in [0.29, 0.717) is 0 Å². The van der Waals surface area contributed by atoms with Gasteiger partial charge in [-0.05, 0) is 52.0 Å². The fourth-order valence-corrected chi connectivity index (χ4v) is 1.63. The van der Waals surface area contributed by atoms with E-state index >= 15 is 0 Å². The predicted octanol–water partition coefficient (Wildman–Crippen LogP) is 3.44. The van der Waals surface area contributed by atoms with Gasteiger partial charge in [-0.25, -0.2) is 0 Å². The number of H-pyrrole nitrogens is 2. The molecule has 0 bridgehead atoms. The van der Waals surface area contributed by atoms with Gasteiger partial charge in [-0.3, -0.25) is 9.98 Å². The van der Waals surface area contributed by atoms with Crippen molar-refractivity contribution in [2.75, 3.05) is 0 Å². The van der Waals surface area contributed by atoms with Gasteiger partial charge in [0.15, 0.2) is 0 Å². The van der Waals surface area contributed by atoms with Crippen molar-refractivity contribution in [3.8, 4) is 0 Å². The molecule has 0 saturated carbocycles. The molecule has 0 unspecified atom stereocenters. The summed E-state index contributed by atoms with van der Waals surface area (Å²) in [4.78, 5) is 15.6. The molecule has 0 atom stereocenters. The van der Waals surface area contributed by atoms with Crippen molar-refractivity contribution in [1.29, 1.82) is 0 Å². The summed E-state index contributed by atoms with van der Waals surface area (Å²) in [5.41, 5.74) is 1.40. The highest BCUT2D eigenvalue weighted by atomic mass is 15.0. The second-order valence-corrected chi connectivity index (χ2v) is 5.89. The maximum Gasteiger partial charge on any atom is 0.0797 e. The largest absolute Gasteiger partial charge is 0.360 e. The highest BCUT2D eigenvalue weighted by molar-refractivity contribution is 5.78. The van der Waals surface area contributed by atoms with Crippen molar-refractivity contribution in [3.05, 3.63) is 48.0 Å². The quantitative estimate of drug-likeness (QED) is 0.782. The SMILES string of the molecule is CC(C)(N=Cc1ccc[nH]1)C(C)(C)N=Cc1ccc[nH]1. The topological polar surface area (TPSA) is 56.3 Å². The first-order chi connectivity index (χ1) is 9.41. The second kappa shape index (κ2) is 5.49. The molecule has 0 amide bonds. The normalized spacial score (nSPS) is 13.6. The van der Waals surface area contributed by atoms with Crippen LogP contribution in [0.15, 0.2) is 46.6 Å². The predicted molar refractivity (Wildman–Crippen MR) is 84.9 cm³/mol. The van der Waals surface area contributed by atoms with Gasteiger partial charge in [0.25, 0.3) is 0 Å². The third kappa shape index (κ3) is 3.26. The lowest BCUT2D eigenvalue weighted by molar-refractivity contribution is 0.317. The average Bonchev–Trinajstić information content (AvgIpc) is 3.07. The van der Waals surface area contributed by atoms with Crippen molar-refractivity contribution >= 4 is 12.4 Å². The molecular formula is C16H22N4. The molecule has 4 heteroatoms. The van der Waals surface area contributed by atoms with E-state index in [1.54, 1.807) is 0 Å². The lowest BCUT2D eigenvalue weighted by Gasteiger charge is -2.34. The van der Waals surface area contributed by atoms with E-state index in [2.05, 4.69) is 47.6 Å². The van der Waals surface area contributed by atoms with Crippen molar-refractivity contribution in [3.63, 3.8) is 0 Å². The summed E-state index contributed by atoms with van der Waals surface area (Å²) in [6.45, 7) is 8.38. The van der Waals surface area contributed by atoms with Crippen LogP contribution in [0.4, 0.5) is 0 Å². The fourth-order valence-electron chi connectivity index (χ4n) is 1.63. The third-order valence-electron chi connectivity index (χ3n) is 3.79. The zero-order valence-electron chi connectivity index (χ0n) is 12.5. The molecule has 0 aliphatic heterocycles. The number of aromatic nitrogens is 2. The Bertz CT molecular complexity index is 518. The lowest BCUT2D eigenvalue weighted by Crippen LogP contribution is -2.42. The van der Waals surface area contributed by atoms with Crippen LogP contribution < -0.4 is 0 Å². The molecule has 0 saturated heterocycles. The molecule has 2 aromatic rings. The van der Waals surface area contributed by atoms with Crippen LogP contribution in [0.5, 0.6) is 0 Å². The number of aromatic amines is 2. The van der Waals surface area contributed by atoms with Gasteiger partial charge in [0, 0.05) is 24.8 Å². The van der Waals surface area contributed by atoms with Crippen LogP contribution in [0.1, 0.15) is 39.1 Å². The van der Waals surface area contributed by atoms with E-state index in [1.807, 2.05) is 49.1 Å². The Morgan fingerprint density at radius 3 is 1.50 bits per heavy atom. The van der Waals surface area contributed by atoms with E-state index in [4.69, 9.17) is 0 Å². The third-order valence-corrected chi connectivity index (χ3v) is 3.79. The van der Waals surface area contributed by atoms with Crippen LogP contribution in [0, 0.1) is 0 Å². The van der Waals surface area contributed by atoms with Gasteiger partial charge in [-0.2, -0.15) is 0 Å². The van der Waals surface area contributed by atoms with Crippen LogP contribution >= 0.6 is 0 Å². The number of hydrogen-bond acceptors (Lipinski definition) is 2. The first kappa shape index (κ1) is 14.3. The first-order valence-corrected chi connectivity index (χ1v) is 6.78. The molecule has 2 aromatic heterocycles. The summed E-state index contributed by atoms with van der Waals surface area (Å²) >= 11 is 0. The van der Waals surface area contributed by atoms with E-state index in [0.717, 1.165) is 11.4 Å². The van der Waals surface area contributed by atoms with Gasteiger partial charge in [0.1, 0.15) is 0 Å². The summed E-state index contributed by atoms with van der Waals surface area (Å²) < 4.78 is 0. The van der Waals surface area contributed by atoms with Crippen LogP contribution in [0.3, 0.4) is 0 Å². The van der Waals surface area contributed by atoms with E-state index in [9.17, 15) is 0 Å². The zero-order valence-corrected chi connectivity index (χ0v) is 12.5. The van der Waals surface area contributed by atoms with Crippen molar-refractivity contribution < 1.29 is 0 Å². The number of nitrogens with zero attached hydrogens (tertiary/aromatic N) is 2. The van der Waals surface area contributed by atoms with Gasteiger partial charge in [0.2, 0.25) is 0 Å². The first-order valence-electron chi connectivity index (χ1n) is 6.78. The summed E-state index contributed by atoms with van der Waals surface area (Å²) in [6, 6.07) is 7.91. The minimum Gasteiger partial charge on any atom is -0.360 e.